The molecule has 104 valence electrons. The van der Waals surface area contributed by atoms with E-state index in [2.05, 4.69) is 0 Å². The summed E-state index contributed by atoms with van der Waals surface area (Å²) in [7, 11) is 0. The van der Waals surface area contributed by atoms with Crippen molar-refractivity contribution in [1.82, 2.24) is 0 Å². The van der Waals surface area contributed by atoms with E-state index in [-0.39, 0.29) is 5.75 Å². The third-order valence-corrected chi connectivity index (χ3v) is 3.33. The van der Waals surface area contributed by atoms with Crippen molar-refractivity contribution < 1.29 is 15.0 Å². The number of carbonyl (C=O) groups is 1. The van der Waals surface area contributed by atoms with Crippen LogP contribution in [-0.4, -0.2) is 16.2 Å². The number of phenols is 1. The highest BCUT2D eigenvalue weighted by Crippen LogP contribution is 2.31. The number of hydrogen-bond donors (Lipinski definition) is 2. The fraction of sp³-hybridized carbons (Fsp3) is 0.235. The van der Waals surface area contributed by atoms with Crippen molar-refractivity contribution >= 4 is 5.97 Å². The van der Waals surface area contributed by atoms with Crippen LogP contribution < -0.4 is 0 Å². The van der Waals surface area contributed by atoms with Crippen molar-refractivity contribution in [3.63, 3.8) is 0 Å². The van der Waals surface area contributed by atoms with E-state index >= 15 is 0 Å². The Bertz CT molecular complexity index is 590. The van der Waals surface area contributed by atoms with E-state index in [4.69, 9.17) is 0 Å². The van der Waals surface area contributed by atoms with Gasteiger partial charge in [-0.3, -0.25) is 4.79 Å². The third-order valence-electron chi connectivity index (χ3n) is 3.33. The zero-order chi connectivity index (χ0) is 14.5. The maximum Gasteiger partial charge on any atom is 0.310 e. The molecule has 0 radical (unpaired) electrons. The molecule has 2 N–H and O–H groups in total. The van der Waals surface area contributed by atoms with Crippen LogP contribution in [0, 0.1) is 0 Å². The number of carboxylic acid groups (broad SMARTS) is 1. The molecule has 0 aliphatic carbocycles. The standard InChI is InChI=1S/C17H18O3/c1-2-6-16(17(19)20)14-9-13(10-15(18)11-14)12-7-4-3-5-8-12/h3-5,7-11,16,18H,2,6H2,1H3,(H,19,20). The summed E-state index contributed by atoms with van der Waals surface area (Å²) < 4.78 is 0. The molecular formula is C17H18O3. The smallest absolute Gasteiger partial charge is 0.310 e. The van der Waals surface area contributed by atoms with Crippen LogP contribution in [0.1, 0.15) is 31.2 Å². The van der Waals surface area contributed by atoms with Gasteiger partial charge in [0.1, 0.15) is 5.75 Å². The molecule has 0 saturated carbocycles. The summed E-state index contributed by atoms with van der Waals surface area (Å²) in [5.74, 6) is -1.32. The zero-order valence-electron chi connectivity index (χ0n) is 11.4. The number of phenolic OH excluding ortho intramolecular Hbond substituents is 1. The lowest BCUT2D eigenvalue weighted by molar-refractivity contribution is -0.139. The molecule has 1 atom stereocenters. The number of aromatic hydroxyl groups is 1. The molecule has 20 heavy (non-hydrogen) atoms. The number of rotatable bonds is 5. The van der Waals surface area contributed by atoms with Crippen LogP contribution in [0.4, 0.5) is 0 Å². The lowest BCUT2D eigenvalue weighted by atomic mass is 9.91. The van der Waals surface area contributed by atoms with E-state index in [0.29, 0.717) is 12.0 Å². The maximum absolute atomic E-state index is 11.4. The fourth-order valence-electron chi connectivity index (χ4n) is 2.35. The van der Waals surface area contributed by atoms with Crippen LogP contribution in [0.3, 0.4) is 0 Å². The minimum atomic E-state index is -0.850. The first-order valence-electron chi connectivity index (χ1n) is 6.74. The molecule has 0 aliphatic rings. The van der Waals surface area contributed by atoms with Gasteiger partial charge in [-0.1, -0.05) is 49.7 Å². The van der Waals surface area contributed by atoms with E-state index in [1.54, 1.807) is 12.1 Å². The second-order valence-corrected chi connectivity index (χ2v) is 4.86. The van der Waals surface area contributed by atoms with E-state index in [1.807, 2.05) is 43.3 Å². The predicted octanol–water partition coefficient (Wildman–Crippen LogP) is 4.03. The van der Waals surface area contributed by atoms with Gasteiger partial charge in [0.05, 0.1) is 5.92 Å². The normalized spacial score (nSPS) is 12.1. The van der Waals surface area contributed by atoms with Gasteiger partial charge < -0.3 is 10.2 Å². The summed E-state index contributed by atoms with van der Waals surface area (Å²) >= 11 is 0. The first-order valence-corrected chi connectivity index (χ1v) is 6.74. The van der Waals surface area contributed by atoms with Crippen LogP contribution in [0.25, 0.3) is 11.1 Å². The molecule has 0 spiro atoms. The van der Waals surface area contributed by atoms with Gasteiger partial charge in [-0.25, -0.2) is 0 Å². The Morgan fingerprint density at radius 3 is 2.40 bits per heavy atom. The second kappa shape index (κ2) is 6.24. The van der Waals surface area contributed by atoms with Crippen LogP contribution in [0.5, 0.6) is 5.75 Å². The van der Waals surface area contributed by atoms with Crippen LogP contribution >= 0.6 is 0 Å². The van der Waals surface area contributed by atoms with Crippen molar-refractivity contribution in [2.75, 3.05) is 0 Å². The van der Waals surface area contributed by atoms with Crippen LogP contribution in [-0.2, 0) is 4.79 Å². The third kappa shape index (κ3) is 3.18. The molecule has 0 bridgehead atoms. The molecule has 2 aromatic carbocycles. The summed E-state index contributed by atoms with van der Waals surface area (Å²) in [6, 6.07) is 14.7. The Kier molecular flexibility index (Phi) is 4.41. The summed E-state index contributed by atoms with van der Waals surface area (Å²) in [6.45, 7) is 1.96. The SMILES string of the molecule is CCCC(C(=O)O)c1cc(O)cc(-c2ccccc2)c1. The van der Waals surface area contributed by atoms with Gasteiger partial charge >= 0.3 is 5.97 Å². The molecule has 0 aromatic heterocycles. The predicted molar refractivity (Wildman–Crippen MR) is 78.8 cm³/mol. The highest BCUT2D eigenvalue weighted by molar-refractivity contribution is 5.77. The summed E-state index contributed by atoms with van der Waals surface area (Å²) in [4.78, 5) is 11.4. The van der Waals surface area contributed by atoms with Gasteiger partial charge in [-0.15, -0.1) is 0 Å². The lowest BCUT2D eigenvalue weighted by Gasteiger charge is -2.14. The van der Waals surface area contributed by atoms with Crippen molar-refractivity contribution in [3.8, 4) is 16.9 Å². The molecule has 0 fully saturated rings. The number of aliphatic carboxylic acids is 1. The molecule has 2 aromatic rings. The Balaban J connectivity index is 2.45. The van der Waals surface area contributed by atoms with Gasteiger partial charge in [0.2, 0.25) is 0 Å². The number of hydrogen-bond acceptors (Lipinski definition) is 2. The van der Waals surface area contributed by atoms with Crippen molar-refractivity contribution in [3.05, 3.63) is 54.1 Å². The van der Waals surface area contributed by atoms with Gasteiger partial charge in [-0.2, -0.15) is 0 Å². The van der Waals surface area contributed by atoms with Crippen molar-refractivity contribution in [2.24, 2.45) is 0 Å². The highest BCUT2D eigenvalue weighted by Gasteiger charge is 2.20. The van der Waals surface area contributed by atoms with E-state index in [0.717, 1.165) is 17.5 Å². The summed E-state index contributed by atoms with van der Waals surface area (Å²) in [5.41, 5.74) is 2.45. The largest absolute Gasteiger partial charge is 0.508 e. The molecule has 0 aliphatic heterocycles. The fourth-order valence-corrected chi connectivity index (χ4v) is 2.35. The Morgan fingerprint density at radius 2 is 1.80 bits per heavy atom. The molecule has 0 amide bonds. The zero-order valence-corrected chi connectivity index (χ0v) is 11.4. The molecule has 3 heteroatoms. The second-order valence-electron chi connectivity index (χ2n) is 4.86. The maximum atomic E-state index is 11.4. The van der Waals surface area contributed by atoms with E-state index < -0.39 is 11.9 Å². The summed E-state index contributed by atoms with van der Waals surface area (Å²) in [6.07, 6.45) is 1.35. The summed E-state index contributed by atoms with van der Waals surface area (Å²) in [5, 5.41) is 19.2. The molecule has 2 rings (SSSR count). The topological polar surface area (TPSA) is 57.5 Å². The lowest BCUT2D eigenvalue weighted by Crippen LogP contribution is -2.11. The average Bonchev–Trinajstić information content (AvgIpc) is 2.44. The van der Waals surface area contributed by atoms with Crippen LogP contribution in [0.15, 0.2) is 48.5 Å². The first-order chi connectivity index (χ1) is 9.61. The van der Waals surface area contributed by atoms with Crippen molar-refractivity contribution in [2.45, 2.75) is 25.7 Å². The molecule has 0 heterocycles. The van der Waals surface area contributed by atoms with Gasteiger partial charge in [0.15, 0.2) is 0 Å². The Morgan fingerprint density at radius 1 is 1.10 bits per heavy atom. The quantitative estimate of drug-likeness (QED) is 0.862. The molecule has 0 saturated heterocycles. The molecule has 3 nitrogen and oxygen atoms in total. The first kappa shape index (κ1) is 14.1. The Labute approximate surface area is 118 Å². The minimum absolute atomic E-state index is 0.101. The molecule has 1 unspecified atom stereocenters. The van der Waals surface area contributed by atoms with Gasteiger partial charge in [0.25, 0.3) is 0 Å². The average molecular weight is 270 g/mol. The Hall–Kier alpha value is -2.29. The number of benzene rings is 2. The number of carboxylic acids is 1. The van der Waals surface area contributed by atoms with Gasteiger partial charge in [-0.05, 0) is 35.2 Å². The highest BCUT2D eigenvalue weighted by atomic mass is 16.4. The van der Waals surface area contributed by atoms with E-state index in [1.165, 1.54) is 0 Å². The van der Waals surface area contributed by atoms with E-state index in [9.17, 15) is 15.0 Å². The van der Waals surface area contributed by atoms with Crippen molar-refractivity contribution in [1.29, 1.82) is 0 Å². The van der Waals surface area contributed by atoms with Gasteiger partial charge in [0, 0.05) is 0 Å². The minimum Gasteiger partial charge on any atom is -0.508 e. The van der Waals surface area contributed by atoms with Crippen LogP contribution in [0.2, 0.25) is 0 Å². The molecular weight excluding hydrogens is 252 g/mol. The monoisotopic (exact) mass is 270 g/mol.